The normalized spacial score (nSPS) is 17.6. The van der Waals surface area contributed by atoms with E-state index in [2.05, 4.69) is 67.3 Å². The summed E-state index contributed by atoms with van der Waals surface area (Å²) in [5, 5.41) is 0. The molecule has 1 saturated heterocycles. The van der Waals surface area contributed by atoms with Crippen LogP contribution in [0.5, 0.6) is 0 Å². The van der Waals surface area contributed by atoms with Crippen molar-refractivity contribution in [1.29, 1.82) is 0 Å². The third-order valence-corrected chi connectivity index (χ3v) is 5.80. The van der Waals surface area contributed by atoms with Gasteiger partial charge in [0.15, 0.2) is 0 Å². The van der Waals surface area contributed by atoms with Crippen molar-refractivity contribution in [2.75, 3.05) is 19.6 Å². The van der Waals surface area contributed by atoms with Crippen molar-refractivity contribution >= 4 is 0 Å². The van der Waals surface area contributed by atoms with Crippen LogP contribution in [0.1, 0.15) is 47.9 Å². The highest BCUT2D eigenvalue weighted by Crippen LogP contribution is 2.32. The molecule has 3 rings (SSSR count). The number of hydrogen-bond donors (Lipinski definition) is 1. The van der Waals surface area contributed by atoms with E-state index in [0.717, 1.165) is 19.5 Å². The van der Waals surface area contributed by atoms with Crippen LogP contribution >= 0.6 is 0 Å². The van der Waals surface area contributed by atoms with Gasteiger partial charge in [-0.25, -0.2) is 0 Å². The maximum atomic E-state index is 6.16. The number of hydrogen-bond acceptors (Lipinski definition) is 2. The van der Waals surface area contributed by atoms with Crippen LogP contribution in [-0.2, 0) is 13.0 Å². The number of nitrogens with zero attached hydrogens (tertiary/aromatic N) is 1. The van der Waals surface area contributed by atoms with E-state index < -0.39 is 0 Å². The highest BCUT2D eigenvalue weighted by Gasteiger charge is 2.26. The Morgan fingerprint density at radius 2 is 1.56 bits per heavy atom. The van der Waals surface area contributed by atoms with Crippen LogP contribution in [0.4, 0.5) is 0 Å². The molecule has 0 radical (unpaired) electrons. The molecule has 0 saturated carbocycles. The van der Waals surface area contributed by atoms with Gasteiger partial charge in [-0.2, -0.15) is 0 Å². The first-order valence-corrected chi connectivity index (χ1v) is 9.76. The first-order valence-electron chi connectivity index (χ1n) is 9.76. The van der Waals surface area contributed by atoms with E-state index >= 15 is 0 Å². The maximum Gasteiger partial charge on any atom is 0.0233 e. The second kappa shape index (κ2) is 8.64. The molecule has 0 aliphatic carbocycles. The molecule has 0 spiro atoms. The fourth-order valence-electron chi connectivity index (χ4n) is 4.07. The Labute approximate surface area is 153 Å². The second-order valence-corrected chi connectivity index (χ2v) is 7.54. The predicted molar refractivity (Wildman–Crippen MR) is 107 cm³/mol. The van der Waals surface area contributed by atoms with Crippen molar-refractivity contribution in [3.05, 3.63) is 70.8 Å². The van der Waals surface area contributed by atoms with Gasteiger partial charge in [-0.1, -0.05) is 61.0 Å². The molecule has 25 heavy (non-hydrogen) atoms. The van der Waals surface area contributed by atoms with Crippen LogP contribution < -0.4 is 5.73 Å². The Morgan fingerprint density at radius 3 is 2.12 bits per heavy atom. The van der Waals surface area contributed by atoms with Gasteiger partial charge >= 0.3 is 0 Å². The Hall–Kier alpha value is -1.64. The number of aryl methyl sites for hydroxylation is 2. The summed E-state index contributed by atoms with van der Waals surface area (Å²) in [6, 6.07) is 18.1. The van der Waals surface area contributed by atoms with E-state index in [4.69, 9.17) is 5.73 Å². The summed E-state index contributed by atoms with van der Waals surface area (Å²) in [4.78, 5) is 2.59. The molecule has 1 heterocycles. The smallest absolute Gasteiger partial charge is 0.0233 e. The minimum absolute atomic E-state index is 0.507. The zero-order valence-electron chi connectivity index (χ0n) is 15.7. The molecule has 0 amide bonds. The van der Waals surface area contributed by atoms with Crippen molar-refractivity contribution in [2.24, 2.45) is 11.7 Å². The molecular weight excluding hydrogens is 304 g/mol. The van der Waals surface area contributed by atoms with Gasteiger partial charge in [0.05, 0.1) is 0 Å². The Morgan fingerprint density at radius 1 is 0.960 bits per heavy atom. The van der Waals surface area contributed by atoms with Gasteiger partial charge < -0.3 is 5.73 Å². The van der Waals surface area contributed by atoms with Crippen LogP contribution in [0.2, 0.25) is 0 Å². The van der Waals surface area contributed by atoms with Crippen LogP contribution in [0.15, 0.2) is 48.5 Å². The number of piperidine rings is 1. The summed E-state index contributed by atoms with van der Waals surface area (Å²) < 4.78 is 0. The summed E-state index contributed by atoms with van der Waals surface area (Å²) >= 11 is 0. The van der Waals surface area contributed by atoms with Crippen molar-refractivity contribution in [2.45, 2.75) is 45.6 Å². The molecule has 0 aromatic heterocycles. The zero-order chi connectivity index (χ0) is 17.6. The van der Waals surface area contributed by atoms with Gasteiger partial charge in [-0.15, -0.1) is 0 Å². The quantitative estimate of drug-likeness (QED) is 0.841. The van der Waals surface area contributed by atoms with Gasteiger partial charge in [0, 0.05) is 6.54 Å². The van der Waals surface area contributed by atoms with Gasteiger partial charge in [-0.3, -0.25) is 4.90 Å². The predicted octanol–water partition coefficient (Wildman–Crippen LogP) is 4.51. The SMILES string of the molecule is CCc1ccc(C(CN)C2CCN(Cc3ccc(C)cc3)CC2)cc1. The van der Waals surface area contributed by atoms with E-state index in [1.807, 2.05) is 0 Å². The zero-order valence-corrected chi connectivity index (χ0v) is 15.7. The highest BCUT2D eigenvalue weighted by molar-refractivity contribution is 5.26. The molecule has 1 unspecified atom stereocenters. The van der Waals surface area contributed by atoms with Gasteiger partial charge in [0.1, 0.15) is 0 Å². The van der Waals surface area contributed by atoms with E-state index in [1.54, 1.807) is 0 Å². The fraction of sp³-hybridized carbons (Fsp3) is 0.478. The molecule has 1 aliphatic rings. The molecule has 2 aromatic rings. The first kappa shape index (κ1) is 18.2. The third kappa shape index (κ3) is 4.71. The topological polar surface area (TPSA) is 29.3 Å². The van der Waals surface area contributed by atoms with Crippen molar-refractivity contribution < 1.29 is 0 Å². The number of likely N-dealkylation sites (tertiary alicyclic amines) is 1. The average molecular weight is 337 g/mol. The summed E-state index contributed by atoms with van der Waals surface area (Å²) in [7, 11) is 0. The molecule has 134 valence electrons. The van der Waals surface area contributed by atoms with Crippen LogP contribution in [0.3, 0.4) is 0 Å². The Kier molecular flexibility index (Phi) is 6.28. The lowest BCUT2D eigenvalue weighted by Gasteiger charge is -2.36. The van der Waals surface area contributed by atoms with E-state index in [1.165, 1.54) is 48.2 Å². The lowest BCUT2D eigenvalue weighted by molar-refractivity contribution is 0.163. The average Bonchev–Trinajstić information content (AvgIpc) is 2.66. The molecule has 1 aliphatic heterocycles. The molecule has 1 atom stereocenters. The van der Waals surface area contributed by atoms with E-state index in [-0.39, 0.29) is 0 Å². The van der Waals surface area contributed by atoms with Crippen LogP contribution in [0, 0.1) is 12.8 Å². The monoisotopic (exact) mass is 336 g/mol. The number of rotatable bonds is 6. The maximum absolute atomic E-state index is 6.16. The largest absolute Gasteiger partial charge is 0.330 e. The van der Waals surface area contributed by atoms with Gasteiger partial charge in [0.2, 0.25) is 0 Å². The lowest BCUT2D eigenvalue weighted by Crippen LogP contribution is -2.36. The van der Waals surface area contributed by atoms with E-state index in [9.17, 15) is 0 Å². The Bertz CT molecular complexity index is 637. The lowest BCUT2D eigenvalue weighted by atomic mass is 9.80. The number of benzene rings is 2. The first-order chi connectivity index (χ1) is 12.2. The highest BCUT2D eigenvalue weighted by atomic mass is 15.1. The van der Waals surface area contributed by atoms with Crippen molar-refractivity contribution in [3.63, 3.8) is 0 Å². The molecule has 2 heteroatoms. The third-order valence-electron chi connectivity index (χ3n) is 5.80. The summed E-state index contributed by atoms with van der Waals surface area (Å²) in [6.07, 6.45) is 3.61. The van der Waals surface area contributed by atoms with Crippen molar-refractivity contribution in [1.82, 2.24) is 4.90 Å². The molecule has 2 N–H and O–H groups in total. The fourth-order valence-corrected chi connectivity index (χ4v) is 4.07. The van der Waals surface area contributed by atoms with Crippen molar-refractivity contribution in [3.8, 4) is 0 Å². The summed E-state index contributed by atoms with van der Waals surface area (Å²) in [5.74, 6) is 1.22. The number of nitrogens with two attached hydrogens (primary N) is 1. The summed E-state index contributed by atoms with van der Waals surface area (Å²) in [5.41, 5.74) is 11.8. The Balaban J connectivity index is 1.57. The second-order valence-electron chi connectivity index (χ2n) is 7.54. The molecule has 0 bridgehead atoms. The van der Waals surface area contributed by atoms with Gasteiger partial charge in [0.25, 0.3) is 0 Å². The van der Waals surface area contributed by atoms with E-state index in [0.29, 0.717) is 11.8 Å². The standard InChI is InChI=1S/C23H32N2/c1-3-19-8-10-21(11-9-19)23(16-24)22-12-14-25(15-13-22)17-20-6-4-18(2)5-7-20/h4-11,22-23H,3,12-17,24H2,1-2H3. The summed E-state index contributed by atoms with van der Waals surface area (Å²) in [6.45, 7) is 8.55. The molecule has 1 fully saturated rings. The minimum atomic E-state index is 0.507. The molecular formula is C23H32N2. The van der Waals surface area contributed by atoms with Crippen LogP contribution in [0.25, 0.3) is 0 Å². The molecule has 2 nitrogen and oxygen atoms in total. The molecule has 2 aromatic carbocycles. The van der Waals surface area contributed by atoms with Crippen LogP contribution in [-0.4, -0.2) is 24.5 Å². The minimum Gasteiger partial charge on any atom is -0.330 e. The van der Waals surface area contributed by atoms with Gasteiger partial charge in [-0.05, 0) is 74.3 Å².